The molecule has 1 nitrogen and oxygen atoms in total. The fourth-order valence-electron chi connectivity index (χ4n) is 0.987. The molecule has 0 aliphatic carbocycles. The van der Waals surface area contributed by atoms with Crippen LogP contribution in [0.1, 0.15) is 5.56 Å². The Kier molecular flexibility index (Phi) is 4.18. The molecular weight excluding hydrogens is 292 g/mol. The molecule has 0 aliphatic heterocycles. The Hall–Kier alpha value is -0.780. The standard InChI is InChI=1S/C10H9BrF4O/c1-6-2-3-7(12)4-8(6)16-5-9(11)10(13,14)15/h2-4,9H,5H2,1H3. The monoisotopic (exact) mass is 300 g/mol. The normalized spacial score (nSPS) is 13.6. The molecule has 1 unspecified atom stereocenters. The van der Waals surface area contributed by atoms with Crippen molar-refractivity contribution in [2.45, 2.75) is 17.9 Å². The third kappa shape index (κ3) is 3.66. The second-order valence-corrected chi connectivity index (χ2v) is 4.34. The van der Waals surface area contributed by atoms with Gasteiger partial charge in [-0.1, -0.05) is 22.0 Å². The maximum absolute atomic E-state index is 12.8. The number of rotatable bonds is 3. The lowest BCUT2D eigenvalue weighted by Crippen LogP contribution is -2.29. The van der Waals surface area contributed by atoms with E-state index in [-0.39, 0.29) is 5.75 Å². The van der Waals surface area contributed by atoms with Crippen molar-refractivity contribution in [2.24, 2.45) is 0 Å². The zero-order valence-electron chi connectivity index (χ0n) is 8.31. The van der Waals surface area contributed by atoms with E-state index in [9.17, 15) is 17.6 Å². The van der Waals surface area contributed by atoms with Crippen LogP contribution in [0.3, 0.4) is 0 Å². The first-order valence-electron chi connectivity index (χ1n) is 4.40. The Morgan fingerprint density at radius 3 is 2.56 bits per heavy atom. The minimum Gasteiger partial charge on any atom is -0.492 e. The third-order valence-corrected chi connectivity index (χ3v) is 2.67. The summed E-state index contributed by atoms with van der Waals surface area (Å²) in [6, 6.07) is 3.73. The molecule has 90 valence electrons. The molecule has 0 N–H and O–H groups in total. The molecule has 0 aliphatic rings. The van der Waals surface area contributed by atoms with Crippen LogP contribution in [0.5, 0.6) is 5.75 Å². The predicted molar refractivity (Wildman–Crippen MR) is 55.4 cm³/mol. The van der Waals surface area contributed by atoms with E-state index < -0.39 is 23.4 Å². The van der Waals surface area contributed by atoms with Crippen molar-refractivity contribution in [3.8, 4) is 5.75 Å². The average Bonchev–Trinajstić information content (AvgIpc) is 2.17. The van der Waals surface area contributed by atoms with Gasteiger partial charge < -0.3 is 4.74 Å². The summed E-state index contributed by atoms with van der Waals surface area (Å²) in [6.45, 7) is 1.04. The molecule has 0 fully saturated rings. The van der Waals surface area contributed by atoms with E-state index in [2.05, 4.69) is 15.9 Å². The third-order valence-electron chi connectivity index (χ3n) is 1.89. The van der Waals surface area contributed by atoms with Crippen LogP contribution in [0, 0.1) is 12.7 Å². The Balaban J connectivity index is 2.64. The number of aryl methyl sites for hydroxylation is 1. The van der Waals surface area contributed by atoms with Crippen molar-refractivity contribution < 1.29 is 22.3 Å². The highest BCUT2D eigenvalue weighted by atomic mass is 79.9. The highest BCUT2D eigenvalue weighted by Gasteiger charge is 2.38. The first-order valence-corrected chi connectivity index (χ1v) is 5.32. The molecule has 0 radical (unpaired) electrons. The molecule has 16 heavy (non-hydrogen) atoms. The van der Waals surface area contributed by atoms with E-state index in [0.29, 0.717) is 5.56 Å². The SMILES string of the molecule is Cc1ccc(F)cc1OCC(Br)C(F)(F)F. The van der Waals surface area contributed by atoms with Gasteiger partial charge >= 0.3 is 6.18 Å². The Bertz CT molecular complexity index is 364. The van der Waals surface area contributed by atoms with E-state index in [0.717, 1.165) is 6.07 Å². The Labute approximate surface area is 98.5 Å². The van der Waals surface area contributed by atoms with Gasteiger partial charge in [-0.25, -0.2) is 4.39 Å². The van der Waals surface area contributed by atoms with Crippen molar-refractivity contribution in [1.29, 1.82) is 0 Å². The van der Waals surface area contributed by atoms with Gasteiger partial charge in [0.2, 0.25) is 0 Å². The van der Waals surface area contributed by atoms with Crippen LogP contribution in [0.25, 0.3) is 0 Å². The molecule has 0 bridgehead atoms. The van der Waals surface area contributed by atoms with Crippen LogP contribution in [0.15, 0.2) is 18.2 Å². The highest BCUT2D eigenvalue weighted by molar-refractivity contribution is 9.09. The first-order chi connectivity index (χ1) is 7.30. The number of halogens is 5. The molecule has 1 aromatic carbocycles. The summed E-state index contributed by atoms with van der Waals surface area (Å²) in [5, 5.41) is 0. The topological polar surface area (TPSA) is 9.23 Å². The molecule has 1 rings (SSSR count). The van der Waals surface area contributed by atoms with Crippen molar-refractivity contribution >= 4 is 15.9 Å². The van der Waals surface area contributed by atoms with Gasteiger partial charge in [-0.2, -0.15) is 13.2 Å². The van der Waals surface area contributed by atoms with E-state index in [1.807, 2.05) is 0 Å². The fourth-order valence-corrected chi connectivity index (χ4v) is 1.12. The van der Waals surface area contributed by atoms with E-state index in [4.69, 9.17) is 4.74 Å². The van der Waals surface area contributed by atoms with Gasteiger partial charge in [0.05, 0.1) is 0 Å². The van der Waals surface area contributed by atoms with Gasteiger partial charge in [-0.05, 0) is 18.6 Å². The van der Waals surface area contributed by atoms with E-state index >= 15 is 0 Å². The quantitative estimate of drug-likeness (QED) is 0.609. The van der Waals surface area contributed by atoms with Gasteiger partial charge in [0.25, 0.3) is 0 Å². The summed E-state index contributed by atoms with van der Waals surface area (Å²) in [4.78, 5) is -1.76. The number of hydrogen-bond donors (Lipinski definition) is 0. The smallest absolute Gasteiger partial charge is 0.404 e. The summed E-state index contributed by atoms with van der Waals surface area (Å²) in [6.07, 6.45) is -4.37. The molecule has 1 aromatic rings. The Morgan fingerprint density at radius 2 is 2.00 bits per heavy atom. The summed E-state index contributed by atoms with van der Waals surface area (Å²) < 4.78 is 54.1. The largest absolute Gasteiger partial charge is 0.492 e. The van der Waals surface area contributed by atoms with Crippen LogP contribution in [-0.4, -0.2) is 17.6 Å². The van der Waals surface area contributed by atoms with Crippen LogP contribution in [-0.2, 0) is 0 Å². The molecule has 0 saturated heterocycles. The van der Waals surface area contributed by atoms with Gasteiger partial charge in [0, 0.05) is 6.07 Å². The zero-order valence-corrected chi connectivity index (χ0v) is 9.90. The lowest BCUT2D eigenvalue weighted by Gasteiger charge is -2.15. The van der Waals surface area contributed by atoms with E-state index in [1.165, 1.54) is 12.1 Å². The van der Waals surface area contributed by atoms with Crippen molar-refractivity contribution in [3.63, 3.8) is 0 Å². The number of benzene rings is 1. The summed E-state index contributed by atoms with van der Waals surface area (Å²) >= 11 is 2.46. The van der Waals surface area contributed by atoms with Crippen LogP contribution in [0.2, 0.25) is 0 Å². The second kappa shape index (κ2) is 5.03. The van der Waals surface area contributed by atoms with E-state index in [1.54, 1.807) is 6.92 Å². The summed E-state index contributed by atoms with van der Waals surface area (Å²) in [5.41, 5.74) is 0.586. The van der Waals surface area contributed by atoms with Crippen LogP contribution < -0.4 is 4.74 Å². The maximum atomic E-state index is 12.8. The lowest BCUT2D eigenvalue weighted by atomic mass is 10.2. The number of hydrogen-bond acceptors (Lipinski definition) is 1. The number of alkyl halides is 4. The van der Waals surface area contributed by atoms with Crippen molar-refractivity contribution in [3.05, 3.63) is 29.6 Å². The molecular formula is C10H9BrF4O. The summed E-state index contributed by atoms with van der Waals surface area (Å²) in [7, 11) is 0. The zero-order chi connectivity index (χ0) is 12.3. The molecule has 6 heteroatoms. The molecule has 0 amide bonds. The number of ether oxygens (including phenoxy) is 1. The van der Waals surface area contributed by atoms with Gasteiger partial charge in [-0.3, -0.25) is 0 Å². The Morgan fingerprint density at radius 1 is 1.38 bits per heavy atom. The summed E-state index contributed by atoms with van der Waals surface area (Å²) in [5.74, 6) is -0.424. The average molecular weight is 301 g/mol. The molecule has 0 spiro atoms. The van der Waals surface area contributed by atoms with Gasteiger partial charge in [0.1, 0.15) is 23.0 Å². The first kappa shape index (κ1) is 13.3. The maximum Gasteiger partial charge on any atom is 0.404 e. The van der Waals surface area contributed by atoms with Gasteiger partial charge in [0.15, 0.2) is 0 Å². The van der Waals surface area contributed by atoms with Crippen molar-refractivity contribution in [2.75, 3.05) is 6.61 Å². The molecule has 0 heterocycles. The predicted octanol–water partition coefficient (Wildman–Crippen LogP) is 3.84. The minimum atomic E-state index is -4.37. The fraction of sp³-hybridized carbons (Fsp3) is 0.400. The van der Waals surface area contributed by atoms with Crippen LogP contribution >= 0.6 is 15.9 Å². The molecule has 1 atom stereocenters. The molecule has 0 aromatic heterocycles. The van der Waals surface area contributed by atoms with Crippen molar-refractivity contribution in [1.82, 2.24) is 0 Å². The van der Waals surface area contributed by atoms with Gasteiger partial charge in [-0.15, -0.1) is 0 Å². The lowest BCUT2D eigenvalue weighted by molar-refractivity contribution is -0.132. The highest BCUT2D eigenvalue weighted by Crippen LogP contribution is 2.28. The minimum absolute atomic E-state index is 0.119. The van der Waals surface area contributed by atoms with Crippen LogP contribution in [0.4, 0.5) is 17.6 Å². The second-order valence-electron chi connectivity index (χ2n) is 3.23. The molecule has 0 saturated carbocycles.